The Morgan fingerprint density at radius 1 is 0.980 bits per heavy atom. The minimum atomic E-state index is -1.86. The minimum absolute atomic E-state index is 0.105. The molecule has 0 aromatic heterocycles. The lowest BCUT2D eigenvalue weighted by Gasteiger charge is -2.68. The maximum absolute atomic E-state index is 14.9. The number of benzene rings is 2. The molecule has 2 bridgehead atoms. The van der Waals surface area contributed by atoms with E-state index in [0.717, 1.165) is 0 Å². The third-order valence-corrected chi connectivity index (χ3v) is 12.8. The van der Waals surface area contributed by atoms with Gasteiger partial charge >= 0.3 is 11.9 Å². The minimum Gasteiger partial charge on any atom is -0.456 e. The van der Waals surface area contributed by atoms with E-state index in [1.165, 1.54) is 6.92 Å². The molecule has 3 aliphatic carbocycles. The smallest absolute Gasteiger partial charge is 0.338 e. The molecule has 0 radical (unpaired) electrons. The van der Waals surface area contributed by atoms with Crippen molar-refractivity contribution in [2.75, 3.05) is 6.61 Å². The van der Waals surface area contributed by atoms with E-state index in [9.17, 15) is 34.5 Å². The number of Topliss-reactive ketones (excluding diaryl/α,β-unsaturated/α-hetero) is 1. The van der Waals surface area contributed by atoms with Crippen LogP contribution in [0, 0.1) is 28.1 Å². The van der Waals surface area contributed by atoms with Crippen LogP contribution in [-0.4, -0.2) is 81.7 Å². The monoisotopic (exact) mass is 703 g/mol. The largest absolute Gasteiger partial charge is 0.456 e. The molecule has 2 aromatic rings. The Balaban J connectivity index is 1.42. The van der Waals surface area contributed by atoms with Crippen molar-refractivity contribution in [1.29, 1.82) is 0 Å². The number of nitrogens with one attached hydrogen (secondary N) is 1. The van der Waals surface area contributed by atoms with Gasteiger partial charge in [0, 0.05) is 36.2 Å². The number of fused-ring (bicyclic) bond motifs is 5. The Labute approximate surface area is 298 Å². The molecule has 1 aliphatic heterocycles. The molecule has 11 atom stereocenters. The Morgan fingerprint density at radius 3 is 2.16 bits per heavy atom. The van der Waals surface area contributed by atoms with Crippen molar-refractivity contribution in [2.24, 2.45) is 28.1 Å². The van der Waals surface area contributed by atoms with E-state index in [-0.39, 0.29) is 24.5 Å². The van der Waals surface area contributed by atoms with Crippen LogP contribution < -0.4 is 5.32 Å². The molecular weight excluding hydrogens is 654 g/mol. The lowest BCUT2D eigenvalue weighted by Crippen LogP contribution is -2.75. The van der Waals surface area contributed by atoms with E-state index in [1.807, 2.05) is 13.8 Å². The summed E-state index contributed by atoms with van der Waals surface area (Å²) in [6.07, 6.45) is -5.86. The summed E-state index contributed by atoms with van der Waals surface area (Å²) < 4.78 is 17.8. The predicted molar refractivity (Wildman–Crippen MR) is 185 cm³/mol. The summed E-state index contributed by atoms with van der Waals surface area (Å²) >= 11 is 0. The molecule has 11 heteroatoms. The van der Waals surface area contributed by atoms with Crippen LogP contribution >= 0.6 is 0 Å². The second kappa shape index (κ2) is 12.9. The number of rotatable bonds is 7. The fourth-order valence-corrected chi connectivity index (χ4v) is 9.98. The zero-order valence-electron chi connectivity index (χ0n) is 30.2. The first-order valence-electron chi connectivity index (χ1n) is 17.6. The maximum Gasteiger partial charge on any atom is 0.338 e. The van der Waals surface area contributed by atoms with Crippen LogP contribution in [-0.2, 0) is 28.6 Å². The number of hydrogen-bond donors (Lipinski definition) is 4. The molecular formula is C40H49NO10. The van der Waals surface area contributed by atoms with Gasteiger partial charge in [-0.25, -0.2) is 4.79 Å². The summed E-state index contributed by atoms with van der Waals surface area (Å²) in [6, 6.07) is 15.8. The summed E-state index contributed by atoms with van der Waals surface area (Å²) in [5.41, 5.74) is -3.37. The molecule has 6 rings (SSSR count). The second-order valence-electron chi connectivity index (χ2n) is 15.9. The molecule has 4 N–H and O–H groups in total. The van der Waals surface area contributed by atoms with Crippen LogP contribution in [0.25, 0.3) is 0 Å². The van der Waals surface area contributed by atoms with E-state index >= 15 is 0 Å². The van der Waals surface area contributed by atoms with Crippen LogP contribution in [0.1, 0.15) is 83.3 Å². The number of amides is 1. The summed E-state index contributed by atoms with van der Waals surface area (Å²) in [6.45, 7) is 12.3. The van der Waals surface area contributed by atoms with Crippen molar-refractivity contribution >= 4 is 23.6 Å². The first kappa shape index (κ1) is 36.9. The number of aliphatic hydroxyl groups is 3. The molecule has 1 unspecified atom stereocenters. The predicted octanol–water partition coefficient (Wildman–Crippen LogP) is 3.85. The first-order valence-corrected chi connectivity index (χ1v) is 17.6. The quantitative estimate of drug-likeness (QED) is 0.246. The zero-order valence-corrected chi connectivity index (χ0v) is 30.2. The Kier molecular flexibility index (Phi) is 9.36. The van der Waals surface area contributed by atoms with Crippen LogP contribution in [0.15, 0.2) is 71.8 Å². The van der Waals surface area contributed by atoms with Crippen molar-refractivity contribution in [3.05, 3.63) is 82.9 Å². The van der Waals surface area contributed by atoms with Crippen molar-refractivity contribution in [2.45, 2.75) is 103 Å². The van der Waals surface area contributed by atoms with Gasteiger partial charge < -0.3 is 34.8 Å². The summed E-state index contributed by atoms with van der Waals surface area (Å²) in [5.74, 6) is -4.04. The van der Waals surface area contributed by atoms with Gasteiger partial charge in [-0.05, 0) is 54.5 Å². The highest BCUT2D eigenvalue weighted by molar-refractivity contribution is 5.95. The van der Waals surface area contributed by atoms with Gasteiger partial charge in [0.05, 0.1) is 35.9 Å². The molecule has 4 aliphatic rings. The summed E-state index contributed by atoms with van der Waals surface area (Å²) in [7, 11) is 0. The molecule has 3 fully saturated rings. The second-order valence-corrected chi connectivity index (χ2v) is 15.9. The van der Waals surface area contributed by atoms with Crippen molar-refractivity contribution < 1.29 is 48.7 Å². The van der Waals surface area contributed by atoms with Crippen LogP contribution in [0.5, 0.6) is 0 Å². The number of carbonyl (C=O) groups excluding carboxylic acids is 4. The molecule has 274 valence electrons. The van der Waals surface area contributed by atoms with E-state index in [4.69, 9.17) is 14.2 Å². The third-order valence-electron chi connectivity index (χ3n) is 12.8. The highest BCUT2D eigenvalue weighted by atomic mass is 16.6. The molecule has 1 amide bonds. The normalized spacial score (nSPS) is 36.5. The number of carbonyl (C=O) groups is 4. The maximum atomic E-state index is 14.9. The van der Waals surface area contributed by atoms with Gasteiger partial charge in [-0.15, -0.1) is 0 Å². The molecule has 0 spiro atoms. The van der Waals surface area contributed by atoms with Gasteiger partial charge in [0.2, 0.25) is 0 Å². The summed E-state index contributed by atoms with van der Waals surface area (Å²) in [4.78, 5) is 54.8. The van der Waals surface area contributed by atoms with E-state index in [2.05, 4.69) is 5.32 Å². The van der Waals surface area contributed by atoms with Crippen LogP contribution in [0.3, 0.4) is 0 Å². The number of hydrogen-bond acceptors (Lipinski definition) is 10. The number of aliphatic hydroxyl groups excluding tert-OH is 2. The summed E-state index contributed by atoms with van der Waals surface area (Å²) in [5, 5.41) is 39.1. The van der Waals surface area contributed by atoms with E-state index in [1.54, 1.807) is 88.4 Å². The molecule has 1 heterocycles. The Bertz CT molecular complexity index is 1740. The van der Waals surface area contributed by atoms with Gasteiger partial charge in [0.1, 0.15) is 6.10 Å². The lowest BCUT2D eigenvalue weighted by molar-refractivity contribution is -0.302. The molecule has 1 saturated heterocycles. The molecule has 51 heavy (non-hydrogen) atoms. The fraction of sp³-hybridized carbons (Fsp3) is 0.550. The fourth-order valence-electron chi connectivity index (χ4n) is 9.98. The van der Waals surface area contributed by atoms with Crippen molar-refractivity contribution in [3.63, 3.8) is 0 Å². The van der Waals surface area contributed by atoms with Crippen molar-refractivity contribution in [1.82, 2.24) is 5.32 Å². The Morgan fingerprint density at radius 2 is 1.59 bits per heavy atom. The lowest BCUT2D eigenvalue weighted by atomic mass is 9.40. The van der Waals surface area contributed by atoms with Crippen molar-refractivity contribution in [3.8, 4) is 0 Å². The average Bonchev–Trinajstić information content (AvgIpc) is 3.09. The Hall–Kier alpha value is -3.90. The highest BCUT2D eigenvalue weighted by Gasteiger charge is 2.73. The molecule has 2 saturated carbocycles. The zero-order chi connectivity index (χ0) is 37.3. The van der Waals surface area contributed by atoms with Crippen LogP contribution in [0.2, 0.25) is 0 Å². The topological polar surface area (TPSA) is 169 Å². The third kappa shape index (κ3) is 5.64. The van der Waals surface area contributed by atoms with Crippen LogP contribution in [0.4, 0.5) is 0 Å². The van der Waals surface area contributed by atoms with Gasteiger partial charge in [0.15, 0.2) is 18.0 Å². The van der Waals surface area contributed by atoms with Gasteiger partial charge in [0.25, 0.3) is 5.91 Å². The van der Waals surface area contributed by atoms with Gasteiger partial charge in [-0.3, -0.25) is 14.4 Å². The van der Waals surface area contributed by atoms with E-state index < -0.39 is 87.8 Å². The number of ether oxygens (including phenoxy) is 3. The number of ketones is 1. The number of esters is 2. The average molecular weight is 704 g/mol. The molecule has 11 nitrogen and oxygen atoms in total. The van der Waals surface area contributed by atoms with Gasteiger partial charge in [-0.1, -0.05) is 76.2 Å². The standard InChI is InChI=1S/C40H49NO10/c1-21-26(51-36(47)31(44)30(24-14-10-8-11-15-24)41-35(46)25-16-12-9-13-17-25)19-40(48)22(2)33-38(6)20-49-28(38)18-27(43)39(33,7)34(45)32(50-23(3)42)29(21)37(40,4)5/h8-17,22,26-28,30-33,43-44,48H,18-20H2,1-7H3,(H,41,46)/t22-,26-,27-,28+,30-,31+,32+,33?,38+,39+,40+/m0/s1. The van der Waals surface area contributed by atoms with E-state index in [0.29, 0.717) is 23.3 Å². The SMILES string of the molecule is CC(=O)O[C@H]1C(=O)[C@@]2(C)C([C@H](C)[C@]3(O)C[C@H](OC(=O)[C@H](O)[C@@H](NC(=O)c4ccccc4)c4ccccc4)C(C)=C1C3(C)C)[C@]1(C)CO[C@@H]1C[C@@H]2O. The molecule has 2 aromatic carbocycles. The van der Waals surface area contributed by atoms with Gasteiger partial charge in [-0.2, -0.15) is 0 Å². The first-order chi connectivity index (χ1) is 23.9. The highest BCUT2D eigenvalue weighted by Crippen LogP contribution is 2.67.